The molecule has 0 spiro atoms. The van der Waals surface area contributed by atoms with Crippen LogP contribution in [0.25, 0.3) is 0 Å². The normalized spacial score (nSPS) is 17.3. The lowest BCUT2D eigenvalue weighted by molar-refractivity contribution is -0.109. The van der Waals surface area contributed by atoms with E-state index in [2.05, 4.69) is 32.3 Å². The van der Waals surface area contributed by atoms with Gasteiger partial charge in [0.15, 0.2) is 0 Å². The molecule has 0 bridgehead atoms. The molecule has 1 saturated carbocycles. The first-order valence-electron chi connectivity index (χ1n) is 4.78. The molecule has 0 atom stereocenters. The molecule has 1 aliphatic carbocycles. The van der Waals surface area contributed by atoms with Gasteiger partial charge < -0.3 is 5.32 Å². The number of hydrogen-bond acceptors (Lipinski definition) is 2. The third kappa shape index (κ3) is 6.94. The Morgan fingerprint density at radius 3 is 2.15 bits per heavy atom. The molecule has 0 aromatic heterocycles. The Bertz CT molecular complexity index is 141. The Morgan fingerprint density at radius 1 is 1.46 bits per heavy atom. The molecule has 0 aliphatic heterocycles. The van der Waals surface area contributed by atoms with Gasteiger partial charge in [-0.3, -0.25) is 4.79 Å². The quantitative estimate of drug-likeness (QED) is 0.710. The molecule has 0 saturated heterocycles. The van der Waals surface area contributed by atoms with E-state index in [1.165, 1.54) is 12.8 Å². The molecule has 1 fully saturated rings. The number of amides is 1. The molecule has 0 radical (unpaired) electrons. The Kier molecular flexibility index (Phi) is 6.21. The maximum absolute atomic E-state index is 9.87. The molecule has 3 heteroatoms. The summed E-state index contributed by atoms with van der Waals surface area (Å²) < 4.78 is 0.418. The number of nitrogens with one attached hydrogen (secondary N) is 1. The summed E-state index contributed by atoms with van der Waals surface area (Å²) in [6.45, 7) is 7.34. The standard InChI is InChI=1S/C6H11NOS.C4H10/c1-9-6(2-3-6)4-7-5-8;1-4(2)3/h5H,2-4H2,1H3,(H,7,8);4H,1-3H3. The van der Waals surface area contributed by atoms with E-state index >= 15 is 0 Å². The van der Waals surface area contributed by atoms with E-state index in [9.17, 15) is 4.79 Å². The van der Waals surface area contributed by atoms with E-state index in [1.54, 1.807) is 0 Å². The minimum absolute atomic E-state index is 0.418. The highest BCUT2D eigenvalue weighted by atomic mass is 32.2. The second-order valence-electron chi connectivity index (χ2n) is 4.12. The van der Waals surface area contributed by atoms with E-state index in [-0.39, 0.29) is 0 Å². The monoisotopic (exact) mass is 203 g/mol. The van der Waals surface area contributed by atoms with Crippen LogP contribution in [0.4, 0.5) is 0 Å². The summed E-state index contributed by atoms with van der Waals surface area (Å²) in [4.78, 5) is 9.87. The fourth-order valence-corrected chi connectivity index (χ4v) is 1.56. The summed E-state index contributed by atoms with van der Waals surface area (Å²) >= 11 is 1.86. The number of carbonyl (C=O) groups excluding carboxylic acids is 1. The average molecular weight is 203 g/mol. The summed E-state index contributed by atoms with van der Waals surface area (Å²) in [6.07, 6.45) is 5.39. The van der Waals surface area contributed by atoms with Gasteiger partial charge in [-0.1, -0.05) is 20.8 Å². The van der Waals surface area contributed by atoms with Crippen LogP contribution in [0.2, 0.25) is 0 Å². The maximum Gasteiger partial charge on any atom is 0.207 e. The van der Waals surface area contributed by atoms with Crippen LogP contribution in [0.5, 0.6) is 0 Å². The molecule has 0 heterocycles. The smallest absolute Gasteiger partial charge is 0.207 e. The molecule has 0 aromatic carbocycles. The van der Waals surface area contributed by atoms with Crippen molar-refractivity contribution in [3.05, 3.63) is 0 Å². The Morgan fingerprint density at radius 2 is 1.92 bits per heavy atom. The summed E-state index contributed by atoms with van der Waals surface area (Å²) in [6, 6.07) is 0. The molecular weight excluding hydrogens is 182 g/mol. The van der Waals surface area contributed by atoms with Gasteiger partial charge in [0.2, 0.25) is 6.41 Å². The largest absolute Gasteiger partial charge is 0.357 e. The van der Waals surface area contributed by atoms with Gasteiger partial charge in [0.1, 0.15) is 0 Å². The second kappa shape index (κ2) is 6.30. The van der Waals surface area contributed by atoms with Gasteiger partial charge in [0, 0.05) is 11.3 Å². The lowest BCUT2D eigenvalue weighted by Crippen LogP contribution is -2.24. The second-order valence-corrected chi connectivity index (χ2v) is 5.39. The highest BCUT2D eigenvalue weighted by Crippen LogP contribution is 2.46. The zero-order chi connectivity index (χ0) is 10.3. The average Bonchev–Trinajstić information content (AvgIpc) is 2.81. The molecule has 0 unspecified atom stereocenters. The van der Waals surface area contributed by atoms with Crippen molar-refractivity contribution in [2.45, 2.75) is 38.4 Å². The van der Waals surface area contributed by atoms with Crippen LogP contribution >= 0.6 is 11.8 Å². The molecule has 78 valence electrons. The lowest BCUT2D eigenvalue weighted by Gasteiger charge is -2.08. The van der Waals surface area contributed by atoms with Gasteiger partial charge in [-0.2, -0.15) is 11.8 Å². The van der Waals surface area contributed by atoms with Crippen molar-refractivity contribution >= 4 is 18.2 Å². The molecule has 1 rings (SSSR count). The van der Waals surface area contributed by atoms with Crippen molar-refractivity contribution in [2.24, 2.45) is 5.92 Å². The van der Waals surface area contributed by atoms with E-state index in [0.29, 0.717) is 4.75 Å². The summed E-state index contributed by atoms with van der Waals surface area (Å²) in [5, 5.41) is 2.70. The van der Waals surface area contributed by atoms with Crippen molar-refractivity contribution in [2.75, 3.05) is 12.8 Å². The van der Waals surface area contributed by atoms with Crippen molar-refractivity contribution in [3.63, 3.8) is 0 Å². The zero-order valence-corrected chi connectivity index (χ0v) is 9.91. The van der Waals surface area contributed by atoms with Gasteiger partial charge in [-0.15, -0.1) is 0 Å². The fraction of sp³-hybridized carbons (Fsp3) is 0.900. The van der Waals surface area contributed by atoms with Crippen LogP contribution in [0, 0.1) is 5.92 Å². The Balaban J connectivity index is 0.000000310. The van der Waals surface area contributed by atoms with E-state index in [4.69, 9.17) is 0 Å². The minimum atomic E-state index is 0.418. The SMILES string of the molecule is CC(C)C.CSC1(CNC=O)CC1. The molecule has 1 aliphatic rings. The summed E-state index contributed by atoms with van der Waals surface area (Å²) in [7, 11) is 0. The number of hydrogen-bond donors (Lipinski definition) is 1. The Labute approximate surface area is 85.9 Å². The third-order valence-electron chi connectivity index (χ3n) is 1.75. The molecule has 0 aromatic rings. The first-order chi connectivity index (χ1) is 6.06. The molecular formula is C10H21NOS. The van der Waals surface area contributed by atoms with Gasteiger partial charge in [-0.05, 0) is 25.0 Å². The zero-order valence-electron chi connectivity index (χ0n) is 9.09. The van der Waals surface area contributed by atoms with Gasteiger partial charge >= 0.3 is 0 Å². The van der Waals surface area contributed by atoms with Crippen LogP contribution < -0.4 is 5.32 Å². The van der Waals surface area contributed by atoms with Crippen LogP contribution in [-0.4, -0.2) is 24.0 Å². The fourth-order valence-electron chi connectivity index (χ4n) is 0.820. The Hall–Kier alpha value is -0.180. The summed E-state index contributed by atoms with van der Waals surface area (Å²) in [5.41, 5.74) is 0. The van der Waals surface area contributed by atoms with E-state index < -0.39 is 0 Å². The number of carbonyl (C=O) groups is 1. The van der Waals surface area contributed by atoms with Crippen molar-refractivity contribution in [3.8, 4) is 0 Å². The van der Waals surface area contributed by atoms with Crippen LogP contribution in [0.1, 0.15) is 33.6 Å². The number of rotatable bonds is 4. The topological polar surface area (TPSA) is 29.1 Å². The van der Waals surface area contributed by atoms with E-state index in [1.807, 2.05) is 11.8 Å². The van der Waals surface area contributed by atoms with Crippen molar-refractivity contribution in [1.82, 2.24) is 5.32 Å². The van der Waals surface area contributed by atoms with Crippen LogP contribution in [0.15, 0.2) is 0 Å². The van der Waals surface area contributed by atoms with E-state index in [0.717, 1.165) is 18.9 Å². The highest BCUT2D eigenvalue weighted by Gasteiger charge is 2.41. The first-order valence-corrected chi connectivity index (χ1v) is 6.01. The van der Waals surface area contributed by atoms with Gasteiger partial charge in [0.05, 0.1) is 0 Å². The van der Waals surface area contributed by atoms with Gasteiger partial charge in [-0.25, -0.2) is 0 Å². The number of thioether (sulfide) groups is 1. The van der Waals surface area contributed by atoms with Crippen molar-refractivity contribution < 1.29 is 4.79 Å². The highest BCUT2D eigenvalue weighted by molar-refractivity contribution is 8.00. The minimum Gasteiger partial charge on any atom is -0.357 e. The molecule has 2 nitrogen and oxygen atoms in total. The van der Waals surface area contributed by atoms with Gasteiger partial charge in [0.25, 0.3) is 0 Å². The molecule has 13 heavy (non-hydrogen) atoms. The molecule has 1 N–H and O–H groups in total. The predicted octanol–water partition coefficient (Wildman–Crippen LogP) is 2.29. The maximum atomic E-state index is 9.87. The third-order valence-corrected chi connectivity index (χ3v) is 3.17. The first kappa shape index (κ1) is 12.8. The van der Waals surface area contributed by atoms with Crippen molar-refractivity contribution in [1.29, 1.82) is 0 Å². The van der Waals surface area contributed by atoms with Crippen LogP contribution in [-0.2, 0) is 4.79 Å². The summed E-state index contributed by atoms with van der Waals surface area (Å²) in [5.74, 6) is 0.833. The van der Waals surface area contributed by atoms with Crippen LogP contribution in [0.3, 0.4) is 0 Å². The predicted molar refractivity (Wildman–Crippen MR) is 60.1 cm³/mol. The molecule has 1 amide bonds. The lowest BCUT2D eigenvalue weighted by atomic mass is 10.3.